The van der Waals surface area contributed by atoms with Crippen molar-refractivity contribution in [2.45, 2.75) is 32.9 Å². The highest BCUT2D eigenvalue weighted by atomic mass is 19.3. The van der Waals surface area contributed by atoms with Gasteiger partial charge in [0.1, 0.15) is 5.75 Å². The number of nitrogens with one attached hydrogen (secondary N) is 2. The van der Waals surface area contributed by atoms with Crippen LogP contribution in [0.4, 0.5) is 14.5 Å². The van der Waals surface area contributed by atoms with Crippen molar-refractivity contribution in [2.75, 3.05) is 11.9 Å². The molecule has 19 heavy (non-hydrogen) atoms. The van der Waals surface area contributed by atoms with Gasteiger partial charge in [-0.05, 0) is 45.0 Å². The average Bonchev–Trinajstić information content (AvgIpc) is 2.25. The molecule has 0 aliphatic heterocycles. The van der Waals surface area contributed by atoms with Crippen LogP contribution in [0, 0.1) is 0 Å². The molecular weight excluding hydrogens is 254 g/mol. The van der Waals surface area contributed by atoms with Crippen molar-refractivity contribution >= 4 is 11.6 Å². The Morgan fingerprint density at radius 2 is 1.84 bits per heavy atom. The number of hydrogen-bond acceptors (Lipinski definition) is 3. The Kier molecular flexibility index (Phi) is 5.09. The lowest BCUT2D eigenvalue weighted by Crippen LogP contribution is -2.43. The summed E-state index contributed by atoms with van der Waals surface area (Å²) in [4.78, 5) is 11.5. The van der Waals surface area contributed by atoms with Gasteiger partial charge in [-0.2, -0.15) is 8.78 Å². The minimum Gasteiger partial charge on any atom is -0.435 e. The number of hydrogen-bond donors (Lipinski definition) is 2. The van der Waals surface area contributed by atoms with Gasteiger partial charge in [0.15, 0.2) is 0 Å². The Morgan fingerprint density at radius 1 is 1.26 bits per heavy atom. The Bertz CT molecular complexity index is 414. The normalized spacial score (nSPS) is 11.3. The van der Waals surface area contributed by atoms with Crippen molar-refractivity contribution < 1.29 is 18.3 Å². The van der Waals surface area contributed by atoms with E-state index in [9.17, 15) is 13.6 Å². The minimum absolute atomic E-state index is 0.0830. The average molecular weight is 272 g/mol. The van der Waals surface area contributed by atoms with Gasteiger partial charge in [-0.15, -0.1) is 0 Å². The molecule has 1 amide bonds. The highest BCUT2D eigenvalue weighted by molar-refractivity contribution is 5.81. The first kappa shape index (κ1) is 15.2. The lowest BCUT2D eigenvalue weighted by Gasteiger charge is -2.20. The van der Waals surface area contributed by atoms with E-state index in [4.69, 9.17) is 0 Å². The van der Waals surface area contributed by atoms with E-state index in [1.165, 1.54) is 12.1 Å². The van der Waals surface area contributed by atoms with Gasteiger partial charge in [-0.25, -0.2) is 0 Å². The van der Waals surface area contributed by atoms with Crippen LogP contribution >= 0.6 is 0 Å². The maximum atomic E-state index is 11.9. The summed E-state index contributed by atoms with van der Waals surface area (Å²) >= 11 is 0. The number of anilines is 1. The number of halogens is 2. The van der Waals surface area contributed by atoms with E-state index in [0.717, 1.165) is 0 Å². The highest BCUT2D eigenvalue weighted by Crippen LogP contribution is 2.17. The Morgan fingerprint density at radius 3 is 2.32 bits per heavy atom. The van der Waals surface area contributed by atoms with Gasteiger partial charge < -0.3 is 15.4 Å². The van der Waals surface area contributed by atoms with Gasteiger partial charge in [0.05, 0.1) is 6.54 Å². The molecule has 0 aliphatic rings. The topological polar surface area (TPSA) is 50.4 Å². The smallest absolute Gasteiger partial charge is 0.387 e. The zero-order valence-electron chi connectivity index (χ0n) is 11.2. The summed E-state index contributed by atoms with van der Waals surface area (Å²) in [5.74, 6) is -0.0555. The van der Waals surface area contributed by atoms with Crippen LogP contribution in [0.5, 0.6) is 5.75 Å². The molecule has 4 nitrogen and oxygen atoms in total. The molecule has 0 aliphatic carbocycles. The summed E-state index contributed by atoms with van der Waals surface area (Å²) in [6, 6.07) is 5.97. The summed E-state index contributed by atoms with van der Waals surface area (Å²) < 4.78 is 28.1. The summed E-state index contributed by atoms with van der Waals surface area (Å²) in [5, 5.41) is 5.69. The van der Waals surface area contributed by atoms with Crippen LogP contribution in [0.25, 0.3) is 0 Å². The van der Waals surface area contributed by atoms with Gasteiger partial charge in [-0.1, -0.05) is 0 Å². The molecule has 0 heterocycles. The summed E-state index contributed by atoms with van der Waals surface area (Å²) in [6.45, 7) is 2.95. The fourth-order valence-corrected chi connectivity index (χ4v) is 1.40. The molecule has 0 saturated heterocycles. The molecule has 0 spiro atoms. The predicted octanol–water partition coefficient (Wildman–Crippen LogP) is 2.61. The van der Waals surface area contributed by atoms with E-state index < -0.39 is 6.61 Å². The molecule has 0 unspecified atom stereocenters. The number of rotatable bonds is 5. The third-order valence-corrected chi connectivity index (χ3v) is 2.05. The summed E-state index contributed by atoms with van der Waals surface area (Å²) in [5.41, 5.74) is 0.374. The third-order valence-electron chi connectivity index (χ3n) is 2.05. The fraction of sp³-hybridized carbons (Fsp3) is 0.462. The van der Waals surface area contributed by atoms with E-state index in [-0.39, 0.29) is 23.7 Å². The van der Waals surface area contributed by atoms with Crippen LogP contribution in [0.3, 0.4) is 0 Å². The summed E-state index contributed by atoms with van der Waals surface area (Å²) in [7, 11) is 0. The lowest BCUT2D eigenvalue weighted by molar-refractivity contribution is -0.120. The van der Waals surface area contributed by atoms with Crippen molar-refractivity contribution in [3.05, 3.63) is 24.3 Å². The van der Waals surface area contributed by atoms with Crippen LogP contribution < -0.4 is 15.4 Å². The maximum absolute atomic E-state index is 11.9. The van der Waals surface area contributed by atoms with Gasteiger partial charge in [0.2, 0.25) is 5.91 Å². The molecule has 1 aromatic carbocycles. The second-order valence-corrected chi connectivity index (χ2v) is 5.05. The molecule has 0 radical (unpaired) electrons. The molecule has 0 aromatic heterocycles. The maximum Gasteiger partial charge on any atom is 0.387 e. The standard InChI is InChI=1S/C13H18F2N2O2/c1-13(2,3)17-11(18)8-16-9-4-6-10(7-5-9)19-12(14)15/h4-7,12,16H,8H2,1-3H3,(H,17,18). The monoisotopic (exact) mass is 272 g/mol. The molecular formula is C13H18F2N2O2. The van der Waals surface area contributed by atoms with E-state index >= 15 is 0 Å². The first-order chi connectivity index (χ1) is 8.76. The second kappa shape index (κ2) is 6.36. The highest BCUT2D eigenvalue weighted by Gasteiger charge is 2.13. The zero-order valence-corrected chi connectivity index (χ0v) is 11.2. The number of benzene rings is 1. The Balaban J connectivity index is 2.44. The Hall–Kier alpha value is -1.85. The zero-order chi connectivity index (χ0) is 14.5. The second-order valence-electron chi connectivity index (χ2n) is 5.05. The third kappa shape index (κ3) is 6.59. The van der Waals surface area contributed by atoms with Gasteiger partial charge in [-0.3, -0.25) is 4.79 Å². The number of alkyl halides is 2. The largest absolute Gasteiger partial charge is 0.435 e. The van der Waals surface area contributed by atoms with Crippen molar-refractivity contribution in [3.63, 3.8) is 0 Å². The van der Waals surface area contributed by atoms with E-state index in [2.05, 4.69) is 15.4 Å². The van der Waals surface area contributed by atoms with Gasteiger partial charge in [0, 0.05) is 11.2 Å². The molecule has 0 bridgehead atoms. The van der Waals surface area contributed by atoms with Crippen LogP contribution in [-0.4, -0.2) is 24.6 Å². The Labute approximate surface area is 111 Å². The fourth-order valence-electron chi connectivity index (χ4n) is 1.40. The van der Waals surface area contributed by atoms with Crippen LogP contribution in [0.15, 0.2) is 24.3 Å². The van der Waals surface area contributed by atoms with E-state index in [0.29, 0.717) is 5.69 Å². The first-order valence-electron chi connectivity index (χ1n) is 5.86. The van der Waals surface area contributed by atoms with Crippen LogP contribution in [0.1, 0.15) is 20.8 Å². The van der Waals surface area contributed by atoms with Crippen LogP contribution in [0.2, 0.25) is 0 Å². The molecule has 6 heteroatoms. The lowest BCUT2D eigenvalue weighted by atomic mass is 10.1. The predicted molar refractivity (Wildman–Crippen MR) is 69.5 cm³/mol. The minimum atomic E-state index is -2.84. The first-order valence-corrected chi connectivity index (χ1v) is 5.86. The molecule has 1 aromatic rings. The number of amides is 1. The van der Waals surface area contributed by atoms with E-state index in [1.807, 2.05) is 20.8 Å². The molecule has 1 rings (SSSR count). The van der Waals surface area contributed by atoms with Gasteiger partial charge >= 0.3 is 6.61 Å². The van der Waals surface area contributed by atoms with Crippen molar-refractivity contribution in [3.8, 4) is 5.75 Å². The van der Waals surface area contributed by atoms with Crippen molar-refractivity contribution in [2.24, 2.45) is 0 Å². The van der Waals surface area contributed by atoms with Crippen molar-refractivity contribution in [1.82, 2.24) is 5.32 Å². The summed E-state index contributed by atoms with van der Waals surface area (Å²) in [6.07, 6.45) is 0. The van der Waals surface area contributed by atoms with Crippen LogP contribution in [-0.2, 0) is 4.79 Å². The SMILES string of the molecule is CC(C)(C)NC(=O)CNc1ccc(OC(F)F)cc1. The quantitative estimate of drug-likeness (QED) is 0.866. The molecule has 0 fully saturated rings. The number of carbonyl (C=O) groups excluding carboxylic acids is 1. The number of carbonyl (C=O) groups is 1. The van der Waals surface area contributed by atoms with Gasteiger partial charge in [0.25, 0.3) is 0 Å². The van der Waals surface area contributed by atoms with Crippen molar-refractivity contribution in [1.29, 1.82) is 0 Å². The van der Waals surface area contributed by atoms with E-state index in [1.54, 1.807) is 12.1 Å². The number of ether oxygens (including phenoxy) is 1. The molecule has 106 valence electrons. The molecule has 0 saturated carbocycles. The molecule has 0 atom stereocenters. The molecule has 2 N–H and O–H groups in total.